The number of nitrogens with one attached hydrogen (secondary N) is 2. The molecule has 3 rings (SSSR count). The topological polar surface area (TPSA) is 71.3 Å². The van der Waals surface area contributed by atoms with E-state index in [2.05, 4.69) is 20.8 Å². The molecule has 0 aliphatic rings. The van der Waals surface area contributed by atoms with Gasteiger partial charge in [0.15, 0.2) is 11.5 Å². The molecule has 21 heavy (non-hydrogen) atoms. The van der Waals surface area contributed by atoms with Crippen LogP contribution in [0.25, 0.3) is 5.65 Å². The Balaban J connectivity index is 1.64. The lowest BCUT2D eigenvalue weighted by Gasteiger charge is -2.05. The third kappa shape index (κ3) is 3.09. The zero-order valence-corrected chi connectivity index (χ0v) is 12.4. The van der Waals surface area contributed by atoms with Gasteiger partial charge in [0.25, 0.3) is 0 Å². The van der Waals surface area contributed by atoms with Gasteiger partial charge in [-0.05, 0) is 23.6 Å². The molecule has 0 atom stereocenters. The number of hydrogen-bond donors (Lipinski definition) is 2. The molecule has 3 heterocycles. The zero-order valence-electron chi connectivity index (χ0n) is 11.5. The molecule has 3 aromatic heterocycles. The summed E-state index contributed by atoms with van der Waals surface area (Å²) in [5, 5.41) is 16.4. The van der Waals surface area contributed by atoms with Crippen LogP contribution in [-0.2, 0) is 17.9 Å². The summed E-state index contributed by atoms with van der Waals surface area (Å²) in [6.45, 7) is 2.80. The lowest BCUT2D eigenvalue weighted by Crippen LogP contribution is -2.16. The van der Waals surface area contributed by atoms with E-state index in [0.29, 0.717) is 13.1 Å². The number of hydrogen-bond acceptors (Lipinski definition) is 5. The molecule has 2 N–H and O–H groups in total. The molecule has 0 aliphatic carbocycles. The lowest BCUT2D eigenvalue weighted by molar-refractivity contribution is -0.114. The smallest absolute Gasteiger partial charge is 0.221 e. The molecule has 0 saturated carbocycles. The molecule has 0 radical (unpaired) electrons. The minimum absolute atomic E-state index is 0.0573. The standard InChI is InChI=1S/C14H15N5OS/c1-10(20)16-11-5-7-21-12(11)8-15-9-14-18-17-13-4-2-3-6-19(13)14/h2-7,15H,8-9H2,1H3,(H,16,20). The highest BCUT2D eigenvalue weighted by molar-refractivity contribution is 7.10. The van der Waals surface area contributed by atoms with Gasteiger partial charge < -0.3 is 10.6 Å². The van der Waals surface area contributed by atoms with Crippen molar-refractivity contribution in [2.45, 2.75) is 20.0 Å². The van der Waals surface area contributed by atoms with E-state index in [4.69, 9.17) is 0 Å². The van der Waals surface area contributed by atoms with Crippen molar-refractivity contribution in [1.29, 1.82) is 0 Å². The fourth-order valence-electron chi connectivity index (χ4n) is 2.08. The Kier molecular flexibility index (Phi) is 3.94. The first-order valence-electron chi connectivity index (χ1n) is 6.57. The van der Waals surface area contributed by atoms with Gasteiger partial charge in [0.05, 0.1) is 12.2 Å². The molecular weight excluding hydrogens is 286 g/mol. The van der Waals surface area contributed by atoms with Crippen LogP contribution in [0.2, 0.25) is 0 Å². The highest BCUT2D eigenvalue weighted by atomic mass is 32.1. The molecule has 7 heteroatoms. The molecule has 6 nitrogen and oxygen atoms in total. The maximum Gasteiger partial charge on any atom is 0.221 e. The maximum atomic E-state index is 11.1. The van der Waals surface area contributed by atoms with Crippen molar-refractivity contribution in [3.63, 3.8) is 0 Å². The van der Waals surface area contributed by atoms with E-state index in [1.54, 1.807) is 11.3 Å². The highest BCUT2D eigenvalue weighted by Gasteiger charge is 2.07. The predicted molar refractivity (Wildman–Crippen MR) is 82.2 cm³/mol. The van der Waals surface area contributed by atoms with Crippen LogP contribution in [0.15, 0.2) is 35.8 Å². The Morgan fingerprint density at radius 1 is 1.29 bits per heavy atom. The highest BCUT2D eigenvalue weighted by Crippen LogP contribution is 2.22. The lowest BCUT2D eigenvalue weighted by atomic mass is 10.3. The Bertz CT molecular complexity index is 763. The third-order valence-corrected chi connectivity index (χ3v) is 3.93. The van der Waals surface area contributed by atoms with Crippen molar-refractivity contribution in [2.75, 3.05) is 5.32 Å². The Morgan fingerprint density at radius 2 is 2.19 bits per heavy atom. The third-order valence-electron chi connectivity index (χ3n) is 3.01. The Labute approximate surface area is 125 Å². The summed E-state index contributed by atoms with van der Waals surface area (Å²) in [7, 11) is 0. The largest absolute Gasteiger partial charge is 0.325 e. The van der Waals surface area contributed by atoms with Crippen LogP contribution in [0.3, 0.4) is 0 Å². The first-order valence-corrected chi connectivity index (χ1v) is 7.45. The fraction of sp³-hybridized carbons (Fsp3) is 0.214. The Hall–Kier alpha value is -2.25. The minimum Gasteiger partial charge on any atom is -0.325 e. The zero-order chi connectivity index (χ0) is 14.7. The second-order valence-electron chi connectivity index (χ2n) is 4.59. The van der Waals surface area contributed by atoms with E-state index in [1.807, 2.05) is 40.2 Å². The SMILES string of the molecule is CC(=O)Nc1ccsc1CNCc1nnc2ccccn12. The van der Waals surface area contributed by atoms with Gasteiger partial charge in [0.1, 0.15) is 0 Å². The molecule has 0 fully saturated rings. The summed E-state index contributed by atoms with van der Waals surface area (Å²) in [5.74, 6) is 0.807. The van der Waals surface area contributed by atoms with Crippen LogP contribution in [0.4, 0.5) is 5.69 Å². The van der Waals surface area contributed by atoms with Crippen LogP contribution >= 0.6 is 11.3 Å². The van der Waals surface area contributed by atoms with E-state index >= 15 is 0 Å². The van der Waals surface area contributed by atoms with E-state index < -0.39 is 0 Å². The normalized spacial score (nSPS) is 10.9. The number of fused-ring (bicyclic) bond motifs is 1. The molecule has 0 aromatic carbocycles. The van der Waals surface area contributed by atoms with Crippen molar-refractivity contribution in [3.8, 4) is 0 Å². The van der Waals surface area contributed by atoms with Crippen LogP contribution < -0.4 is 10.6 Å². The van der Waals surface area contributed by atoms with Gasteiger partial charge in [-0.25, -0.2) is 0 Å². The second-order valence-corrected chi connectivity index (χ2v) is 5.59. The summed E-state index contributed by atoms with van der Waals surface area (Å²) >= 11 is 1.61. The van der Waals surface area contributed by atoms with Gasteiger partial charge in [0.2, 0.25) is 5.91 Å². The number of amides is 1. The van der Waals surface area contributed by atoms with Gasteiger partial charge in [-0.1, -0.05) is 6.07 Å². The summed E-state index contributed by atoms with van der Waals surface area (Å²) in [6.07, 6.45) is 1.94. The minimum atomic E-state index is -0.0573. The maximum absolute atomic E-state index is 11.1. The fourth-order valence-corrected chi connectivity index (χ4v) is 2.88. The number of nitrogens with zero attached hydrogens (tertiary/aromatic N) is 3. The summed E-state index contributed by atoms with van der Waals surface area (Å²) in [4.78, 5) is 12.2. The molecule has 0 spiro atoms. The van der Waals surface area contributed by atoms with Crippen LogP contribution in [0, 0.1) is 0 Å². The first kappa shape index (κ1) is 13.7. The molecule has 0 aliphatic heterocycles. The molecule has 0 unspecified atom stereocenters. The van der Waals surface area contributed by atoms with Crippen molar-refractivity contribution in [2.24, 2.45) is 0 Å². The van der Waals surface area contributed by atoms with Crippen molar-refractivity contribution in [1.82, 2.24) is 19.9 Å². The molecule has 0 saturated heterocycles. The van der Waals surface area contributed by atoms with Gasteiger partial charge in [-0.3, -0.25) is 9.20 Å². The average Bonchev–Trinajstić information content (AvgIpc) is 3.06. The number of anilines is 1. The molecular formula is C14H15N5OS. The summed E-state index contributed by atoms with van der Waals surface area (Å²) in [5.41, 5.74) is 1.70. The number of rotatable bonds is 5. The number of carbonyl (C=O) groups excluding carboxylic acids is 1. The van der Waals surface area contributed by atoms with Gasteiger partial charge >= 0.3 is 0 Å². The summed E-state index contributed by atoms with van der Waals surface area (Å²) < 4.78 is 1.95. The molecule has 1 amide bonds. The molecule has 3 aromatic rings. The van der Waals surface area contributed by atoms with E-state index in [1.165, 1.54) is 6.92 Å². The van der Waals surface area contributed by atoms with E-state index in [9.17, 15) is 4.79 Å². The number of thiophene rings is 1. The van der Waals surface area contributed by atoms with Gasteiger partial charge in [-0.15, -0.1) is 21.5 Å². The summed E-state index contributed by atoms with van der Waals surface area (Å²) in [6, 6.07) is 7.72. The molecule has 0 bridgehead atoms. The van der Waals surface area contributed by atoms with Gasteiger partial charge in [-0.2, -0.15) is 0 Å². The van der Waals surface area contributed by atoms with Crippen LogP contribution in [0.1, 0.15) is 17.6 Å². The number of carbonyl (C=O) groups is 1. The van der Waals surface area contributed by atoms with E-state index in [0.717, 1.165) is 22.0 Å². The van der Waals surface area contributed by atoms with Crippen molar-refractivity contribution < 1.29 is 4.79 Å². The molecule has 108 valence electrons. The van der Waals surface area contributed by atoms with Crippen LogP contribution in [0.5, 0.6) is 0 Å². The van der Waals surface area contributed by atoms with Crippen molar-refractivity contribution >= 4 is 28.6 Å². The van der Waals surface area contributed by atoms with Gasteiger partial charge in [0, 0.05) is 24.5 Å². The van der Waals surface area contributed by atoms with E-state index in [-0.39, 0.29) is 5.91 Å². The second kappa shape index (κ2) is 6.02. The quantitative estimate of drug-likeness (QED) is 0.756. The Morgan fingerprint density at radius 3 is 3.05 bits per heavy atom. The van der Waals surface area contributed by atoms with Crippen LogP contribution in [-0.4, -0.2) is 20.5 Å². The van der Waals surface area contributed by atoms with Crippen molar-refractivity contribution in [3.05, 3.63) is 46.5 Å². The number of aromatic nitrogens is 3. The number of pyridine rings is 1. The monoisotopic (exact) mass is 301 g/mol. The predicted octanol–water partition coefficient (Wildman–Crippen LogP) is 2.04. The first-order chi connectivity index (χ1) is 10.2. The average molecular weight is 301 g/mol.